The molecule has 1 unspecified atom stereocenters. The van der Waals surface area contributed by atoms with Gasteiger partial charge in [-0.25, -0.2) is 0 Å². The van der Waals surface area contributed by atoms with Gasteiger partial charge in [-0.1, -0.05) is 0 Å². The fourth-order valence-electron chi connectivity index (χ4n) is 1.05. The summed E-state index contributed by atoms with van der Waals surface area (Å²) in [6.45, 7) is 7.15. The molecule has 0 heterocycles. The van der Waals surface area contributed by atoms with E-state index in [-0.39, 0.29) is 13.2 Å². The van der Waals surface area contributed by atoms with Gasteiger partial charge < -0.3 is 20.1 Å². The highest BCUT2D eigenvalue weighted by atomic mass is 16.5. The minimum atomic E-state index is -0.827. The first-order valence-corrected chi connectivity index (χ1v) is 5.31. The standard InChI is InChI=1S/C11H24O4/c1-10(2,14)5-6-11(3,4)15-8-9(13)7-12/h9,12-14H,5-8H2,1-4H3. The average Bonchev–Trinajstić information content (AvgIpc) is 2.10. The topological polar surface area (TPSA) is 69.9 Å². The van der Waals surface area contributed by atoms with Crippen LogP contribution in [0.5, 0.6) is 0 Å². The molecule has 0 aliphatic heterocycles. The molecular weight excluding hydrogens is 196 g/mol. The molecule has 0 amide bonds. The predicted molar refractivity (Wildman–Crippen MR) is 58.7 cm³/mol. The van der Waals surface area contributed by atoms with Crippen molar-refractivity contribution in [1.29, 1.82) is 0 Å². The molecule has 15 heavy (non-hydrogen) atoms. The van der Waals surface area contributed by atoms with E-state index in [1.54, 1.807) is 13.8 Å². The third-order valence-corrected chi connectivity index (χ3v) is 2.22. The molecule has 0 spiro atoms. The Balaban J connectivity index is 3.86. The largest absolute Gasteiger partial charge is 0.394 e. The Hall–Kier alpha value is -0.160. The summed E-state index contributed by atoms with van der Waals surface area (Å²) < 4.78 is 5.46. The number of aliphatic hydroxyl groups is 3. The summed E-state index contributed by atoms with van der Waals surface area (Å²) in [5.41, 5.74) is -1.09. The van der Waals surface area contributed by atoms with Gasteiger partial charge in [0.2, 0.25) is 0 Å². The van der Waals surface area contributed by atoms with Crippen molar-refractivity contribution in [3.05, 3.63) is 0 Å². The fourth-order valence-corrected chi connectivity index (χ4v) is 1.05. The summed E-state index contributed by atoms with van der Waals surface area (Å²) in [5, 5.41) is 27.3. The predicted octanol–water partition coefficient (Wildman–Crippen LogP) is 0.686. The van der Waals surface area contributed by atoms with E-state index in [1.807, 2.05) is 13.8 Å². The molecule has 0 aromatic carbocycles. The van der Waals surface area contributed by atoms with Crippen LogP contribution in [0, 0.1) is 0 Å². The van der Waals surface area contributed by atoms with Crippen molar-refractivity contribution < 1.29 is 20.1 Å². The SMILES string of the molecule is CC(C)(O)CCC(C)(C)OCC(O)CO. The van der Waals surface area contributed by atoms with E-state index >= 15 is 0 Å². The summed E-state index contributed by atoms with van der Waals surface area (Å²) >= 11 is 0. The van der Waals surface area contributed by atoms with Crippen LogP contribution in [0.1, 0.15) is 40.5 Å². The lowest BCUT2D eigenvalue weighted by Gasteiger charge is -2.29. The Morgan fingerprint density at radius 2 is 1.67 bits per heavy atom. The lowest BCUT2D eigenvalue weighted by atomic mass is 9.94. The molecule has 1 atom stereocenters. The van der Waals surface area contributed by atoms with E-state index in [9.17, 15) is 5.11 Å². The number of rotatable bonds is 7. The highest BCUT2D eigenvalue weighted by molar-refractivity contribution is 4.75. The van der Waals surface area contributed by atoms with E-state index < -0.39 is 17.3 Å². The molecule has 0 radical (unpaired) electrons. The molecule has 0 bridgehead atoms. The van der Waals surface area contributed by atoms with E-state index in [0.717, 1.165) is 0 Å². The molecule has 0 aliphatic rings. The van der Waals surface area contributed by atoms with E-state index in [0.29, 0.717) is 12.8 Å². The Kier molecular flexibility index (Phi) is 5.73. The zero-order valence-electron chi connectivity index (χ0n) is 10.2. The molecular formula is C11H24O4. The maximum atomic E-state index is 9.56. The van der Waals surface area contributed by atoms with E-state index in [1.165, 1.54) is 0 Å². The Morgan fingerprint density at radius 3 is 2.07 bits per heavy atom. The third kappa shape index (κ3) is 8.81. The van der Waals surface area contributed by atoms with Crippen molar-refractivity contribution in [2.75, 3.05) is 13.2 Å². The van der Waals surface area contributed by atoms with Gasteiger partial charge in [0.05, 0.1) is 24.4 Å². The normalized spacial score (nSPS) is 15.4. The summed E-state index contributed by atoms with van der Waals surface area (Å²) in [6.07, 6.45) is 0.510. The van der Waals surface area contributed by atoms with Crippen molar-refractivity contribution in [2.24, 2.45) is 0 Å². The molecule has 0 saturated heterocycles. The molecule has 0 aromatic rings. The van der Waals surface area contributed by atoms with Crippen molar-refractivity contribution in [1.82, 2.24) is 0 Å². The highest BCUT2D eigenvalue weighted by Gasteiger charge is 2.23. The average molecular weight is 220 g/mol. The monoisotopic (exact) mass is 220 g/mol. The first-order chi connectivity index (χ1) is 6.66. The molecule has 0 rings (SSSR count). The van der Waals surface area contributed by atoms with Crippen LogP contribution in [0.3, 0.4) is 0 Å². The summed E-state index contributed by atoms with van der Waals surface area (Å²) in [6, 6.07) is 0. The second-order valence-corrected chi connectivity index (χ2v) is 5.22. The van der Waals surface area contributed by atoms with E-state index in [4.69, 9.17) is 14.9 Å². The van der Waals surface area contributed by atoms with Crippen LogP contribution in [-0.2, 0) is 4.74 Å². The van der Waals surface area contributed by atoms with E-state index in [2.05, 4.69) is 0 Å². The minimum absolute atomic E-state index is 0.120. The fraction of sp³-hybridized carbons (Fsp3) is 1.00. The lowest BCUT2D eigenvalue weighted by Crippen LogP contribution is -2.33. The van der Waals surface area contributed by atoms with Crippen LogP contribution < -0.4 is 0 Å². The first-order valence-electron chi connectivity index (χ1n) is 5.31. The Bertz CT molecular complexity index is 172. The van der Waals surface area contributed by atoms with Crippen LogP contribution in [0.25, 0.3) is 0 Å². The van der Waals surface area contributed by atoms with Gasteiger partial charge in [0.25, 0.3) is 0 Å². The van der Waals surface area contributed by atoms with Crippen LogP contribution in [0.4, 0.5) is 0 Å². The van der Waals surface area contributed by atoms with Crippen LogP contribution in [-0.4, -0.2) is 45.8 Å². The first kappa shape index (κ1) is 14.8. The van der Waals surface area contributed by atoms with Gasteiger partial charge in [-0.15, -0.1) is 0 Å². The molecule has 0 aromatic heterocycles. The second kappa shape index (κ2) is 5.80. The van der Waals surface area contributed by atoms with Gasteiger partial charge in [-0.05, 0) is 40.5 Å². The van der Waals surface area contributed by atoms with Gasteiger partial charge in [0.1, 0.15) is 6.10 Å². The Labute approximate surface area is 91.9 Å². The molecule has 92 valence electrons. The number of hydrogen-bond acceptors (Lipinski definition) is 4. The number of ether oxygens (including phenoxy) is 1. The van der Waals surface area contributed by atoms with Gasteiger partial charge >= 0.3 is 0 Å². The summed E-state index contributed by atoms with van der Waals surface area (Å²) in [4.78, 5) is 0. The zero-order valence-corrected chi connectivity index (χ0v) is 10.2. The molecule has 4 heteroatoms. The van der Waals surface area contributed by atoms with Crippen molar-refractivity contribution in [3.63, 3.8) is 0 Å². The maximum Gasteiger partial charge on any atom is 0.100 e. The molecule has 3 N–H and O–H groups in total. The van der Waals surface area contributed by atoms with Crippen LogP contribution in [0.2, 0.25) is 0 Å². The van der Waals surface area contributed by atoms with Gasteiger partial charge in [0, 0.05) is 0 Å². The zero-order chi connectivity index (χ0) is 12.1. The maximum absolute atomic E-state index is 9.56. The van der Waals surface area contributed by atoms with Crippen LogP contribution in [0.15, 0.2) is 0 Å². The molecule has 4 nitrogen and oxygen atoms in total. The van der Waals surface area contributed by atoms with Crippen molar-refractivity contribution in [2.45, 2.75) is 57.8 Å². The van der Waals surface area contributed by atoms with Crippen molar-refractivity contribution >= 4 is 0 Å². The van der Waals surface area contributed by atoms with Crippen LogP contribution >= 0.6 is 0 Å². The molecule has 0 fully saturated rings. The van der Waals surface area contributed by atoms with Gasteiger partial charge in [0.15, 0.2) is 0 Å². The van der Waals surface area contributed by atoms with Crippen molar-refractivity contribution in [3.8, 4) is 0 Å². The van der Waals surface area contributed by atoms with Gasteiger partial charge in [-0.3, -0.25) is 0 Å². The third-order valence-electron chi connectivity index (χ3n) is 2.22. The lowest BCUT2D eigenvalue weighted by molar-refractivity contribution is -0.0823. The smallest absolute Gasteiger partial charge is 0.100 e. The second-order valence-electron chi connectivity index (χ2n) is 5.22. The quantitative estimate of drug-likeness (QED) is 0.590. The minimum Gasteiger partial charge on any atom is -0.394 e. The Morgan fingerprint density at radius 1 is 1.13 bits per heavy atom. The summed E-state index contributed by atoms with van der Waals surface area (Å²) in [5.74, 6) is 0. The molecule has 0 saturated carbocycles. The van der Waals surface area contributed by atoms with Gasteiger partial charge in [-0.2, -0.15) is 0 Å². The molecule has 0 aliphatic carbocycles. The number of aliphatic hydroxyl groups excluding tert-OH is 2. The highest BCUT2D eigenvalue weighted by Crippen LogP contribution is 2.22. The summed E-state index contributed by atoms with van der Waals surface area (Å²) in [7, 11) is 0. The number of hydrogen-bond donors (Lipinski definition) is 3.